The number of carbonyl (C=O) groups excluding carboxylic acids is 1. The van der Waals surface area contributed by atoms with Gasteiger partial charge in [-0.2, -0.15) is 0 Å². The number of carboxylic acids is 1. The number of nitrogens with one attached hydrogen (secondary N) is 1. The standard InChI is InChI=1S/C15H21NO5/c1-10-7-11(2)9-12(8-10)21-6-4-14(18)16-13(3-5-17)15(19)20/h7-9,13,17H,3-6H2,1-2H3,(H,16,18)(H,19,20). The zero-order chi connectivity index (χ0) is 15.8. The zero-order valence-electron chi connectivity index (χ0n) is 12.3. The first-order chi connectivity index (χ1) is 9.92. The summed E-state index contributed by atoms with van der Waals surface area (Å²) in [7, 11) is 0. The Bertz CT molecular complexity index is 481. The average molecular weight is 295 g/mol. The van der Waals surface area contributed by atoms with Gasteiger partial charge in [-0.3, -0.25) is 4.79 Å². The zero-order valence-corrected chi connectivity index (χ0v) is 12.3. The fourth-order valence-electron chi connectivity index (χ4n) is 1.93. The Morgan fingerprint density at radius 2 is 1.86 bits per heavy atom. The van der Waals surface area contributed by atoms with Gasteiger partial charge in [0, 0.05) is 13.0 Å². The smallest absolute Gasteiger partial charge is 0.326 e. The summed E-state index contributed by atoms with van der Waals surface area (Å²) < 4.78 is 5.48. The Labute approximate surface area is 123 Å². The van der Waals surface area contributed by atoms with Crippen molar-refractivity contribution in [2.45, 2.75) is 32.7 Å². The maximum atomic E-state index is 11.6. The Morgan fingerprint density at radius 3 is 2.38 bits per heavy atom. The monoisotopic (exact) mass is 295 g/mol. The third-order valence-corrected chi connectivity index (χ3v) is 2.84. The van der Waals surface area contributed by atoms with E-state index in [9.17, 15) is 9.59 Å². The fraction of sp³-hybridized carbons (Fsp3) is 0.467. The first kappa shape index (κ1) is 17.0. The number of aliphatic carboxylic acids is 1. The fourth-order valence-corrected chi connectivity index (χ4v) is 1.93. The largest absolute Gasteiger partial charge is 0.493 e. The topological polar surface area (TPSA) is 95.9 Å². The molecular weight excluding hydrogens is 274 g/mol. The summed E-state index contributed by atoms with van der Waals surface area (Å²) >= 11 is 0. The highest BCUT2D eigenvalue weighted by atomic mass is 16.5. The molecule has 0 fully saturated rings. The average Bonchev–Trinajstić information content (AvgIpc) is 2.36. The van der Waals surface area contributed by atoms with Crippen LogP contribution < -0.4 is 10.1 Å². The Kier molecular flexibility index (Phi) is 6.68. The number of hydrogen-bond donors (Lipinski definition) is 3. The Balaban J connectivity index is 2.40. The number of benzene rings is 1. The molecule has 0 bridgehead atoms. The van der Waals surface area contributed by atoms with Crippen molar-refractivity contribution >= 4 is 11.9 Å². The van der Waals surface area contributed by atoms with Crippen LogP contribution in [0.3, 0.4) is 0 Å². The number of carboxylic acid groups (broad SMARTS) is 1. The predicted octanol–water partition coefficient (Wildman–Crippen LogP) is 1.02. The van der Waals surface area contributed by atoms with Gasteiger partial charge < -0.3 is 20.3 Å². The summed E-state index contributed by atoms with van der Waals surface area (Å²) in [6.45, 7) is 3.79. The molecule has 0 aliphatic rings. The van der Waals surface area contributed by atoms with Crippen molar-refractivity contribution in [3.8, 4) is 5.75 Å². The second-order valence-electron chi connectivity index (χ2n) is 4.89. The van der Waals surface area contributed by atoms with Crippen LogP contribution in [0.2, 0.25) is 0 Å². The molecule has 0 saturated carbocycles. The molecule has 0 heterocycles. The summed E-state index contributed by atoms with van der Waals surface area (Å²) in [5.41, 5.74) is 2.15. The lowest BCUT2D eigenvalue weighted by molar-refractivity contribution is -0.142. The predicted molar refractivity (Wildman–Crippen MR) is 77.3 cm³/mol. The highest BCUT2D eigenvalue weighted by Gasteiger charge is 2.18. The van der Waals surface area contributed by atoms with E-state index in [0.717, 1.165) is 11.1 Å². The van der Waals surface area contributed by atoms with E-state index in [1.54, 1.807) is 0 Å². The van der Waals surface area contributed by atoms with Crippen molar-refractivity contribution in [2.24, 2.45) is 0 Å². The molecule has 6 heteroatoms. The number of ether oxygens (including phenoxy) is 1. The van der Waals surface area contributed by atoms with Crippen LogP contribution in [0.1, 0.15) is 24.0 Å². The van der Waals surface area contributed by atoms with Gasteiger partial charge in [-0.25, -0.2) is 4.79 Å². The maximum Gasteiger partial charge on any atom is 0.326 e. The van der Waals surface area contributed by atoms with Crippen LogP contribution >= 0.6 is 0 Å². The quantitative estimate of drug-likeness (QED) is 0.665. The van der Waals surface area contributed by atoms with Gasteiger partial charge in [0.2, 0.25) is 5.91 Å². The molecule has 1 aromatic rings. The highest BCUT2D eigenvalue weighted by Crippen LogP contribution is 2.16. The van der Waals surface area contributed by atoms with E-state index in [0.29, 0.717) is 5.75 Å². The third-order valence-electron chi connectivity index (χ3n) is 2.84. The van der Waals surface area contributed by atoms with E-state index in [1.165, 1.54) is 0 Å². The summed E-state index contributed by atoms with van der Waals surface area (Å²) in [5.74, 6) is -0.890. The van der Waals surface area contributed by atoms with Crippen LogP contribution in [0.15, 0.2) is 18.2 Å². The lowest BCUT2D eigenvalue weighted by Gasteiger charge is -2.13. The van der Waals surface area contributed by atoms with E-state index in [1.807, 2.05) is 32.0 Å². The number of aliphatic hydroxyl groups is 1. The van der Waals surface area contributed by atoms with E-state index in [-0.39, 0.29) is 26.1 Å². The normalized spacial score (nSPS) is 11.8. The van der Waals surface area contributed by atoms with E-state index < -0.39 is 17.9 Å². The van der Waals surface area contributed by atoms with Gasteiger partial charge in [0.1, 0.15) is 11.8 Å². The number of aryl methyl sites for hydroxylation is 2. The maximum absolute atomic E-state index is 11.6. The third kappa shape index (κ3) is 6.27. The molecule has 6 nitrogen and oxygen atoms in total. The first-order valence-corrected chi connectivity index (χ1v) is 6.76. The van der Waals surface area contributed by atoms with Crippen LogP contribution in [0, 0.1) is 13.8 Å². The van der Waals surface area contributed by atoms with Crippen molar-refractivity contribution in [2.75, 3.05) is 13.2 Å². The molecule has 3 N–H and O–H groups in total. The molecular formula is C15H21NO5. The molecule has 0 aliphatic heterocycles. The van der Waals surface area contributed by atoms with Crippen molar-refractivity contribution in [3.05, 3.63) is 29.3 Å². The van der Waals surface area contributed by atoms with Crippen molar-refractivity contribution in [3.63, 3.8) is 0 Å². The van der Waals surface area contributed by atoms with Crippen LogP contribution in [0.4, 0.5) is 0 Å². The second-order valence-corrected chi connectivity index (χ2v) is 4.89. The van der Waals surface area contributed by atoms with Gasteiger partial charge in [0.25, 0.3) is 0 Å². The molecule has 116 valence electrons. The Morgan fingerprint density at radius 1 is 1.24 bits per heavy atom. The minimum absolute atomic E-state index is 0.0149. The van der Waals surface area contributed by atoms with Gasteiger partial charge in [-0.15, -0.1) is 0 Å². The lowest BCUT2D eigenvalue weighted by atomic mass is 10.1. The molecule has 1 atom stereocenters. The summed E-state index contributed by atoms with van der Waals surface area (Å²) in [6.07, 6.45) is 0.0429. The van der Waals surface area contributed by atoms with Crippen molar-refractivity contribution in [1.29, 1.82) is 0 Å². The van der Waals surface area contributed by atoms with E-state index in [2.05, 4.69) is 5.32 Å². The van der Waals surface area contributed by atoms with Crippen molar-refractivity contribution in [1.82, 2.24) is 5.32 Å². The molecule has 0 saturated heterocycles. The number of amides is 1. The SMILES string of the molecule is Cc1cc(C)cc(OCCC(=O)NC(CCO)C(=O)O)c1. The van der Waals surface area contributed by atoms with Gasteiger partial charge in [0.15, 0.2) is 0 Å². The Hall–Kier alpha value is -2.08. The van der Waals surface area contributed by atoms with Gasteiger partial charge in [-0.1, -0.05) is 6.07 Å². The molecule has 0 aliphatic carbocycles. The second kappa shape index (κ2) is 8.26. The van der Waals surface area contributed by atoms with Crippen LogP contribution in [0.25, 0.3) is 0 Å². The molecule has 0 radical (unpaired) electrons. The van der Waals surface area contributed by atoms with E-state index in [4.69, 9.17) is 14.9 Å². The summed E-state index contributed by atoms with van der Waals surface area (Å²) in [5, 5.41) is 19.9. The van der Waals surface area contributed by atoms with Gasteiger partial charge >= 0.3 is 5.97 Å². The van der Waals surface area contributed by atoms with Crippen molar-refractivity contribution < 1.29 is 24.5 Å². The summed E-state index contributed by atoms with van der Waals surface area (Å²) in [4.78, 5) is 22.5. The number of aliphatic hydroxyl groups excluding tert-OH is 1. The van der Waals surface area contributed by atoms with Gasteiger partial charge in [0.05, 0.1) is 13.0 Å². The molecule has 0 aromatic heterocycles. The lowest BCUT2D eigenvalue weighted by Crippen LogP contribution is -2.41. The summed E-state index contributed by atoms with van der Waals surface area (Å²) in [6, 6.07) is 4.70. The number of rotatable bonds is 8. The molecule has 1 aromatic carbocycles. The number of carbonyl (C=O) groups is 2. The van der Waals surface area contributed by atoms with Gasteiger partial charge in [-0.05, 0) is 37.1 Å². The number of hydrogen-bond acceptors (Lipinski definition) is 4. The molecule has 1 amide bonds. The minimum Gasteiger partial charge on any atom is -0.493 e. The minimum atomic E-state index is -1.16. The van der Waals surface area contributed by atoms with Crippen LogP contribution in [-0.4, -0.2) is 41.3 Å². The highest BCUT2D eigenvalue weighted by molar-refractivity contribution is 5.83. The molecule has 1 unspecified atom stereocenters. The van der Waals surface area contributed by atoms with Crippen LogP contribution in [0.5, 0.6) is 5.75 Å². The molecule has 0 spiro atoms. The molecule has 1 rings (SSSR count). The first-order valence-electron chi connectivity index (χ1n) is 6.76. The van der Waals surface area contributed by atoms with Crippen LogP contribution in [-0.2, 0) is 9.59 Å². The van der Waals surface area contributed by atoms with E-state index >= 15 is 0 Å². The molecule has 21 heavy (non-hydrogen) atoms.